The second-order valence-electron chi connectivity index (χ2n) is 6.74. The van der Waals surface area contributed by atoms with Crippen LogP contribution in [0.15, 0.2) is 35.6 Å². The first-order chi connectivity index (χ1) is 12.9. The molecule has 2 N–H and O–H groups in total. The fraction of sp³-hybridized carbons (Fsp3) is 0.368. The summed E-state index contributed by atoms with van der Waals surface area (Å²) >= 11 is 0. The molecule has 1 aromatic heterocycles. The van der Waals surface area contributed by atoms with Crippen molar-refractivity contribution in [3.8, 4) is 23.2 Å². The van der Waals surface area contributed by atoms with Crippen LogP contribution in [-0.4, -0.2) is 29.6 Å². The number of benzene rings is 1. The van der Waals surface area contributed by atoms with Crippen molar-refractivity contribution in [2.45, 2.75) is 25.3 Å². The Kier molecular flexibility index (Phi) is 4.79. The lowest BCUT2D eigenvalue weighted by atomic mass is 9.74. The fourth-order valence-electron chi connectivity index (χ4n) is 3.08. The molecule has 0 bridgehead atoms. The third kappa shape index (κ3) is 3.21. The van der Waals surface area contributed by atoms with Crippen LogP contribution in [0, 0.1) is 22.6 Å². The van der Waals surface area contributed by atoms with E-state index in [1.807, 2.05) is 0 Å². The van der Waals surface area contributed by atoms with Crippen molar-refractivity contribution in [2.75, 3.05) is 13.8 Å². The van der Waals surface area contributed by atoms with Gasteiger partial charge in [0.25, 0.3) is 0 Å². The minimum Gasteiger partial charge on any atom is -0.480 e. The zero-order valence-corrected chi connectivity index (χ0v) is 15.0. The maximum Gasteiger partial charge on any atom is 0.232 e. The van der Waals surface area contributed by atoms with Crippen LogP contribution < -0.4 is 10.5 Å². The van der Waals surface area contributed by atoms with Gasteiger partial charge in [-0.25, -0.2) is 18.7 Å². The molecule has 0 amide bonds. The summed E-state index contributed by atoms with van der Waals surface area (Å²) in [6, 6.07) is 6.40. The van der Waals surface area contributed by atoms with E-state index >= 15 is 0 Å². The second-order valence-corrected chi connectivity index (χ2v) is 6.74. The first-order valence-electron chi connectivity index (χ1n) is 8.37. The van der Waals surface area contributed by atoms with Gasteiger partial charge in [-0.3, -0.25) is 4.99 Å². The molecule has 0 saturated heterocycles. The van der Waals surface area contributed by atoms with Crippen molar-refractivity contribution in [3.63, 3.8) is 0 Å². The third-order valence-corrected chi connectivity index (χ3v) is 5.01. The van der Waals surface area contributed by atoms with Crippen molar-refractivity contribution in [3.05, 3.63) is 42.0 Å². The van der Waals surface area contributed by atoms with E-state index in [1.54, 1.807) is 6.92 Å². The number of rotatable bonds is 4. The van der Waals surface area contributed by atoms with Gasteiger partial charge in [0, 0.05) is 11.1 Å². The summed E-state index contributed by atoms with van der Waals surface area (Å²) < 4.78 is 33.7. The summed E-state index contributed by atoms with van der Waals surface area (Å²) in [5.74, 6) is -0.223. The summed E-state index contributed by atoms with van der Waals surface area (Å²) in [4.78, 5) is 12.6. The number of nitriles is 1. The molecule has 140 valence electrons. The molecule has 27 heavy (non-hydrogen) atoms. The molecule has 8 heteroatoms. The van der Waals surface area contributed by atoms with Crippen LogP contribution in [-0.2, 0) is 5.54 Å². The maximum atomic E-state index is 14.6. The molecule has 0 aliphatic carbocycles. The van der Waals surface area contributed by atoms with Gasteiger partial charge >= 0.3 is 0 Å². The third-order valence-electron chi connectivity index (χ3n) is 5.01. The van der Waals surface area contributed by atoms with Crippen LogP contribution in [0.3, 0.4) is 0 Å². The highest BCUT2D eigenvalue weighted by atomic mass is 19.1. The predicted molar refractivity (Wildman–Crippen MR) is 96.2 cm³/mol. The van der Waals surface area contributed by atoms with Crippen LogP contribution in [0.25, 0.3) is 11.3 Å². The van der Waals surface area contributed by atoms with Crippen LogP contribution in [0.1, 0.15) is 25.3 Å². The number of alkyl halides is 1. The van der Waals surface area contributed by atoms with Crippen molar-refractivity contribution in [1.82, 2.24) is 9.97 Å². The minimum atomic E-state index is -1.46. The Morgan fingerprint density at radius 2 is 2.07 bits per heavy atom. The smallest absolute Gasteiger partial charge is 0.232 e. The SMILES string of the molecule is COc1cnc(-c2ccc(F)c([C@]3(CF)CC[C@](C)(C#N)C(N)=N3)c2)cn1. The molecule has 1 aromatic carbocycles. The van der Waals surface area contributed by atoms with Gasteiger partial charge in [0.05, 0.1) is 31.3 Å². The highest BCUT2D eigenvalue weighted by molar-refractivity contribution is 5.90. The first kappa shape index (κ1) is 18.7. The molecule has 0 radical (unpaired) electrons. The molecule has 2 atom stereocenters. The second kappa shape index (κ2) is 6.91. The van der Waals surface area contributed by atoms with Gasteiger partial charge in [-0.1, -0.05) is 0 Å². The number of ether oxygens (including phenoxy) is 1. The number of hydrogen-bond donors (Lipinski definition) is 1. The monoisotopic (exact) mass is 371 g/mol. The summed E-state index contributed by atoms with van der Waals surface area (Å²) in [6.45, 7) is 0.720. The summed E-state index contributed by atoms with van der Waals surface area (Å²) in [5.41, 5.74) is 4.65. The van der Waals surface area contributed by atoms with Crippen molar-refractivity contribution < 1.29 is 13.5 Å². The van der Waals surface area contributed by atoms with Gasteiger partial charge in [0.2, 0.25) is 5.88 Å². The number of methoxy groups -OCH3 is 1. The lowest BCUT2D eigenvalue weighted by Gasteiger charge is -2.37. The maximum absolute atomic E-state index is 14.6. The molecule has 3 rings (SSSR count). The average molecular weight is 371 g/mol. The molecule has 6 nitrogen and oxygen atoms in total. The Hall–Kier alpha value is -3.08. The molecule has 2 aromatic rings. The number of amidine groups is 1. The van der Waals surface area contributed by atoms with Crippen LogP contribution in [0.5, 0.6) is 5.88 Å². The number of nitrogens with two attached hydrogens (primary N) is 1. The van der Waals surface area contributed by atoms with Gasteiger partial charge < -0.3 is 10.5 Å². The minimum absolute atomic E-state index is 0.0166. The molecular formula is C19H19F2N5O. The Bertz CT molecular complexity index is 925. The average Bonchev–Trinajstić information content (AvgIpc) is 2.71. The van der Waals surface area contributed by atoms with Crippen molar-refractivity contribution >= 4 is 5.84 Å². The molecule has 0 unspecified atom stereocenters. The van der Waals surface area contributed by atoms with Gasteiger partial charge in [-0.15, -0.1) is 0 Å². The van der Waals surface area contributed by atoms with Gasteiger partial charge in [0.1, 0.15) is 29.3 Å². The summed E-state index contributed by atoms with van der Waals surface area (Å²) in [7, 11) is 1.48. The molecule has 1 aliphatic rings. The van der Waals surface area contributed by atoms with E-state index in [0.29, 0.717) is 17.1 Å². The zero-order valence-electron chi connectivity index (χ0n) is 15.0. The zero-order chi connectivity index (χ0) is 19.7. The molecule has 1 aliphatic heterocycles. The summed E-state index contributed by atoms with van der Waals surface area (Å²) in [6.07, 6.45) is 3.39. The van der Waals surface area contributed by atoms with Crippen LogP contribution >= 0.6 is 0 Å². The van der Waals surface area contributed by atoms with E-state index in [1.165, 1.54) is 37.7 Å². The number of halogens is 2. The standard InChI is InChI=1S/C19H19F2N5O/c1-18(11-22)5-6-19(10-20,26-17(18)23)13-7-12(3-4-14(13)21)15-8-25-16(27-2)9-24-15/h3-4,7-9H,5-6,10H2,1-2H3,(H2,23,26)/t18-,19-/m1/s1. The quantitative estimate of drug-likeness (QED) is 0.890. The number of aliphatic imine (C=N–C) groups is 1. The highest BCUT2D eigenvalue weighted by Crippen LogP contribution is 2.43. The molecule has 0 saturated carbocycles. The topological polar surface area (TPSA) is 97.2 Å². The van der Waals surface area contributed by atoms with E-state index in [4.69, 9.17) is 10.5 Å². The van der Waals surface area contributed by atoms with Crippen molar-refractivity contribution in [2.24, 2.45) is 16.1 Å². The molecule has 2 heterocycles. The van der Waals surface area contributed by atoms with Crippen molar-refractivity contribution in [1.29, 1.82) is 5.26 Å². The summed E-state index contributed by atoms with van der Waals surface area (Å²) in [5, 5.41) is 9.32. The van der Waals surface area contributed by atoms with E-state index in [9.17, 15) is 14.0 Å². The lowest BCUT2D eigenvalue weighted by molar-refractivity contribution is 0.249. The van der Waals surface area contributed by atoms with Gasteiger partial charge in [-0.2, -0.15) is 5.26 Å². The van der Waals surface area contributed by atoms with E-state index in [-0.39, 0.29) is 24.2 Å². The highest BCUT2D eigenvalue weighted by Gasteiger charge is 2.44. The van der Waals surface area contributed by atoms with E-state index < -0.39 is 23.4 Å². The lowest BCUT2D eigenvalue weighted by Crippen LogP contribution is -2.44. The van der Waals surface area contributed by atoms with E-state index in [0.717, 1.165) is 0 Å². The number of hydrogen-bond acceptors (Lipinski definition) is 6. The number of nitrogens with zero attached hydrogens (tertiary/aromatic N) is 4. The fourth-order valence-corrected chi connectivity index (χ4v) is 3.08. The Morgan fingerprint density at radius 1 is 1.30 bits per heavy atom. The van der Waals surface area contributed by atoms with Crippen LogP contribution in [0.2, 0.25) is 0 Å². The van der Waals surface area contributed by atoms with Crippen LogP contribution in [0.4, 0.5) is 8.78 Å². The van der Waals surface area contributed by atoms with Gasteiger partial charge in [-0.05, 0) is 38.0 Å². The Labute approximate surface area is 155 Å². The van der Waals surface area contributed by atoms with E-state index in [2.05, 4.69) is 21.0 Å². The number of aromatic nitrogens is 2. The predicted octanol–water partition coefficient (Wildman–Crippen LogP) is 3.14. The normalized spacial score (nSPS) is 24.8. The first-order valence-corrected chi connectivity index (χ1v) is 8.37. The molecule has 0 fully saturated rings. The molecule has 0 spiro atoms. The Balaban J connectivity index is 2.09. The Morgan fingerprint density at radius 3 is 2.63 bits per heavy atom. The molecular weight excluding hydrogens is 352 g/mol. The van der Waals surface area contributed by atoms with Gasteiger partial charge in [0.15, 0.2) is 0 Å². The largest absolute Gasteiger partial charge is 0.480 e.